The predicted molar refractivity (Wildman–Crippen MR) is 69.6 cm³/mol. The number of halogens is 1. The number of nitrogens with one attached hydrogen (secondary N) is 1. The maximum absolute atomic E-state index is 12.1. The SMILES string of the molecule is N#Cc1c[nH]c2c(c(Cl)cc3cccnc32)c1=O. The van der Waals surface area contributed by atoms with Gasteiger partial charge in [-0.3, -0.25) is 9.78 Å². The molecule has 1 aromatic carbocycles. The van der Waals surface area contributed by atoms with E-state index in [2.05, 4.69) is 9.97 Å². The van der Waals surface area contributed by atoms with Crippen LogP contribution in [0.5, 0.6) is 0 Å². The average molecular weight is 256 g/mol. The first-order valence-electron chi connectivity index (χ1n) is 5.21. The Morgan fingerprint density at radius 2 is 2.28 bits per heavy atom. The highest BCUT2D eigenvalue weighted by Crippen LogP contribution is 2.26. The Morgan fingerprint density at radius 3 is 3.06 bits per heavy atom. The van der Waals surface area contributed by atoms with Crippen LogP contribution >= 0.6 is 11.6 Å². The smallest absolute Gasteiger partial charge is 0.208 e. The topological polar surface area (TPSA) is 69.5 Å². The second kappa shape index (κ2) is 3.83. The highest BCUT2D eigenvalue weighted by Gasteiger charge is 2.12. The molecule has 0 unspecified atom stereocenters. The molecule has 1 N–H and O–H groups in total. The number of benzene rings is 1. The van der Waals surface area contributed by atoms with E-state index in [1.807, 2.05) is 12.1 Å². The van der Waals surface area contributed by atoms with Crippen LogP contribution in [-0.4, -0.2) is 9.97 Å². The van der Waals surface area contributed by atoms with E-state index in [1.165, 1.54) is 6.20 Å². The minimum Gasteiger partial charge on any atom is -0.358 e. The molecule has 0 fully saturated rings. The van der Waals surface area contributed by atoms with Crippen molar-refractivity contribution in [2.24, 2.45) is 0 Å². The zero-order chi connectivity index (χ0) is 12.7. The number of rotatable bonds is 0. The maximum Gasteiger partial charge on any atom is 0.208 e. The number of aromatic amines is 1. The Labute approximate surface area is 106 Å². The van der Waals surface area contributed by atoms with Crippen LogP contribution in [0.1, 0.15) is 5.56 Å². The molecule has 0 aliphatic carbocycles. The van der Waals surface area contributed by atoms with Crippen molar-refractivity contribution in [1.82, 2.24) is 9.97 Å². The van der Waals surface area contributed by atoms with Gasteiger partial charge in [0.15, 0.2) is 0 Å². The molecule has 0 saturated heterocycles. The molecule has 0 amide bonds. The molecule has 18 heavy (non-hydrogen) atoms. The number of aromatic nitrogens is 2. The lowest BCUT2D eigenvalue weighted by molar-refractivity contribution is 1.33. The van der Waals surface area contributed by atoms with Gasteiger partial charge in [0.2, 0.25) is 5.43 Å². The Bertz CT molecular complexity index is 877. The summed E-state index contributed by atoms with van der Waals surface area (Å²) in [6.07, 6.45) is 3.03. The van der Waals surface area contributed by atoms with Gasteiger partial charge >= 0.3 is 0 Å². The van der Waals surface area contributed by atoms with E-state index < -0.39 is 0 Å². The van der Waals surface area contributed by atoms with Gasteiger partial charge in [0.25, 0.3) is 0 Å². The Kier molecular flexibility index (Phi) is 2.29. The van der Waals surface area contributed by atoms with Gasteiger partial charge in [0.05, 0.1) is 21.4 Å². The molecule has 0 bridgehead atoms. The van der Waals surface area contributed by atoms with Crippen LogP contribution in [0.2, 0.25) is 5.02 Å². The number of fused-ring (bicyclic) bond motifs is 3. The molecule has 5 heteroatoms. The zero-order valence-electron chi connectivity index (χ0n) is 9.07. The van der Waals surface area contributed by atoms with Gasteiger partial charge in [-0.25, -0.2) is 0 Å². The summed E-state index contributed by atoms with van der Waals surface area (Å²) in [7, 11) is 0. The second-order valence-corrected chi connectivity index (χ2v) is 4.23. The van der Waals surface area contributed by atoms with Crippen molar-refractivity contribution in [1.29, 1.82) is 5.26 Å². The molecule has 0 aliphatic rings. The summed E-state index contributed by atoms with van der Waals surface area (Å²) in [5, 5.41) is 10.3. The summed E-state index contributed by atoms with van der Waals surface area (Å²) in [4.78, 5) is 19.2. The fourth-order valence-electron chi connectivity index (χ4n) is 1.98. The van der Waals surface area contributed by atoms with E-state index in [-0.39, 0.29) is 11.0 Å². The Balaban J connectivity index is 2.65. The van der Waals surface area contributed by atoms with Crippen molar-refractivity contribution >= 4 is 33.4 Å². The van der Waals surface area contributed by atoms with Crippen LogP contribution < -0.4 is 5.43 Å². The van der Waals surface area contributed by atoms with Gasteiger partial charge in [-0.1, -0.05) is 17.7 Å². The lowest BCUT2D eigenvalue weighted by atomic mass is 10.1. The molecule has 0 spiro atoms. The number of nitrogens with zero attached hydrogens (tertiary/aromatic N) is 2. The first kappa shape index (κ1) is 10.8. The molecule has 86 valence electrons. The third-order valence-corrected chi connectivity index (χ3v) is 3.10. The number of H-pyrrole nitrogens is 1. The van der Waals surface area contributed by atoms with E-state index in [1.54, 1.807) is 18.3 Å². The van der Waals surface area contributed by atoms with E-state index in [4.69, 9.17) is 16.9 Å². The van der Waals surface area contributed by atoms with Gasteiger partial charge < -0.3 is 4.98 Å². The van der Waals surface area contributed by atoms with Gasteiger partial charge in [0, 0.05) is 17.8 Å². The molecular weight excluding hydrogens is 250 g/mol. The van der Waals surface area contributed by atoms with E-state index >= 15 is 0 Å². The summed E-state index contributed by atoms with van der Waals surface area (Å²) in [5.41, 5.74) is 0.893. The lowest BCUT2D eigenvalue weighted by Gasteiger charge is -2.04. The number of pyridine rings is 2. The van der Waals surface area contributed by atoms with Crippen molar-refractivity contribution in [2.75, 3.05) is 0 Å². The minimum absolute atomic E-state index is 0.0414. The fourth-order valence-corrected chi connectivity index (χ4v) is 2.28. The highest BCUT2D eigenvalue weighted by atomic mass is 35.5. The minimum atomic E-state index is -0.371. The second-order valence-electron chi connectivity index (χ2n) is 3.83. The molecule has 3 rings (SSSR count). The Morgan fingerprint density at radius 1 is 1.44 bits per heavy atom. The van der Waals surface area contributed by atoms with Crippen LogP contribution in [0.25, 0.3) is 21.8 Å². The molecule has 2 aromatic heterocycles. The fraction of sp³-hybridized carbons (Fsp3) is 0. The van der Waals surface area contributed by atoms with Crippen molar-refractivity contribution in [3.8, 4) is 6.07 Å². The van der Waals surface area contributed by atoms with E-state index in [9.17, 15) is 4.79 Å². The van der Waals surface area contributed by atoms with E-state index in [0.717, 1.165) is 5.39 Å². The lowest BCUT2D eigenvalue weighted by Crippen LogP contribution is -2.08. The van der Waals surface area contributed by atoms with Gasteiger partial charge in [-0.2, -0.15) is 5.26 Å². The van der Waals surface area contributed by atoms with Crippen LogP contribution in [-0.2, 0) is 0 Å². The van der Waals surface area contributed by atoms with Gasteiger partial charge in [0.1, 0.15) is 11.6 Å². The predicted octanol–water partition coefficient (Wildman–Crippen LogP) is 2.60. The zero-order valence-corrected chi connectivity index (χ0v) is 9.82. The van der Waals surface area contributed by atoms with Crippen LogP contribution in [0.3, 0.4) is 0 Å². The molecular formula is C13H6ClN3O. The molecule has 2 heterocycles. The third-order valence-electron chi connectivity index (χ3n) is 2.80. The first-order chi connectivity index (χ1) is 8.72. The van der Waals surface area contributed by atoms with Gasteiger partial charge in [-0.15, -0.1) is 0 Å². The quantitative estimate of drug-likeness (QED) is 0.628. The summed E-state index contributed by atoms with van der Waals surface area (Å²) in [6, 6.07) is 7.19. The van der Waals surface area contributed by atoms with Crippen LogP contribution in [0.4, 0.5) is 0 Å². The molecule has 0 radical (unpaired) electrons. The summed E-state index contributed by atoms with van der Waals surface area (Å²) < 4.78 is 0. The number of hydrogen-bond acceptors (Lipinski definition) is 3. The molecule has 3 aromatic rings. The molecule has 0 atom stereocenters. The Hall–Kier alpha value is -2.38. The van der Waals surface area contributed by atoms with Crippen molar-refractivity contribution in [3.63, 3.8) is 0 Å². The van der Waals surface area contributed by atoms with Crippen LogP contribution in [0, 0.1) is 11.3 Å². The normalized spacial score (nSPS) is 10.7. The largest absolute Gasteiger partial charge is 0.358 e. The van der Waals surface area contributed by atoms with E-state index in [0.29, 0.717) is 21.4 Å². The van der Waals surface area contributed by atoms with Crippen molar-refractivity contribution in [2.45, 2.75) is 0 Å². The van der Waals surface area contributed by atoms with Gasteiger partial charge in [-0.05, 0) is 12.1 Å². The summed E-state index contributed by atoms with van der Waals surface area (Å²) in [6.45, 7) is 0. The molecule has 0 saturated carbocycles. The summed E-state index contributed by atoms with van der Waals surface area (Å²) >= 11 is 6.11. The monoisotopic (exact) mass is 255 g/mol. The number of hydrogen-bond donors (Lipinski definition) is 1. The molecule has 4 nitrogen and oxygen atoms in total. The third kappa shape index (κ3) is 1.38. The summed E-state index contributed by atoms with van der Waals surface area (Å²) in [5.74, 6) is 0. The highest BCUT2D eigenvalue weighted by molar-refractivity contribution is 6.37. The first-order valence-corrected chi connectivity index (χ1v) is 5.59. The number of nitriles is 1. The van der Waals surface area contributed by atoms with Crippen LogP contribution in [0.15, 0.2) is 35.4 Å². The van der Waals surface area contributed by atoms with Crippen molar-refractivity contribution in [3.05, 3.63) is 51.4 Å². The standard InChI is InChI=1S/C13H6ClN3O/c14-9-4-7-2-1-3-16-11(7)12-10(9)13(18)8(5-15)6-17-12/h1-4,6H,(H,17,18). The average Bonchev–Trinajstić information content (AvgIpc) is 2.39. The molecule has 0 aliphatic heterocycles. The maximum atomic E-state index is 12.1. The van der Waals surface area contributed by atoms with Crippen molar-refractivity contribution < 1.29 is 0 Å².